The highest BCUT2D eigenvalue weighted by molar-refractivity contribution is 9.10. The summed E-state index contributed by atoms with van der Waals surface area (Å²) in [6.07, 6.45) is 2.68. The van der Waals surface area contributed by atoms with E-state index in [-0.39, 0.29) is 11.8 Å². The zero-order chi connectivity index (χ0) is 15.4. The lowest BCUT2D eigenvalue weighted by Gasteiger charge is -2.26. The molecule has 114 valence electrons. The second kappa shape index (κ2) is 7.07. The summed E-state index contributed by atoms with van der Waals surface area (Å²) in [4.78, 5) is 25.4. The molecule has 0 bridgehead atoms. The van der Waals surface area contributed by atoms with E-state index in [0.717, 1.165) is 16.5 Å². The van der Waals surface area contributed by atoms with Crippen LogP contribution in [0, 0.1) is 5.92 Å². The number of hydrogen-bond acceptors (Lipinski definition) is 2. The van der Waals surface area contributed by atoms with Crippen molar-refractivity contribution in [3.8, 4) is 0 Å². The maximum atomic E-state index is 12.7. The average molecular weight is 354 g/mol. The van der Waals surface area contributed by atoms with Crippen LogP contribution in [0.1, 0.15) is 31.7 Å². The Morgan fingerprint density at radius 1 is 1.43 bits per heavy atom. The minimum atomic E-state index is -0.892. The van der Waals surface area contributed by atoms with Gasteiger partial charge in [0, 0.05) is 16.9 Å². The maximum absolute atomic E-state index is 12.7. The van der Waals surface area contributed by atoms with Gasteiger partial charge in [-0.05, 0) is 37.3 Å². The van der Waals surface area contributed by atoms with Crippen molar-refractivity contribution >= 4 is 27.8 Å². The zero-order valence-electron chi connectivity index (χ0n) is 12.1. The Morgan fingerprint density at radius 2 is 2.14 bits per heavy atom. The van der Waals surface area contributed by atoms with Crippen LogP contribution in [-0.2, 0) is 16.0 Å². The molecule has 1 aromatic rings. The molecule has 0 aliphatic carbocycles. The molecule has 1 aliphatic heterocycles. The molecule has 1 fully saturated rings. The summed E-state index contributed by atoms with van der Waals surface area (Å²) in [7, 11) is 0. The predicted molar refractivity (Wildman–Crippen MR) is 84.0 cm³/mol. The SMILES string of the molecule is CCC(Cc1ccccc1Br)C(=O)N1CCCC1C(=O)O. The summed E-state index contributed by atoms with van der Waals surface area (Å²) in [5.74, 6) is -1.08. The van der Waals surface area contributed by atoms with Gasteiger partial charge in [0.25, 0.3) is 0 Å². The number of carboxylic acid groups (broad SMARTS) is 1. The predicted octanol–water partition coefficient (Wildman–Crippen LogP) is 3.09. The van der Waals surface area contributed by atoms with Crippen LogP contribution in [0.15, 0.2) is 28.7 Å². The second-order valence-corrected chi connectivity index (χ2v) is 6.28. The highest BCUT2D eigenvalue weighted by Crippen LogP contribution is 2.25. The number of likely N-dealkylation sites (tertiary alicyclic amines) is 1. The van der Waals surface area contributed by atoms with Gasteiger partial charge in [0.1, 0.15) is 6.04 Å². The Bertz CT molecular complexity index is 532. The number of carbonyl (C=O) groups excluding carboxylic acids is 1. The van der Waals surface area contributed by atoms with Crippen molar-refractivity contribution in [2.45, 2.75) is 38.6 Å². The van der Waals surface area contributed by atoms with Crippen LogP contribution in [0.3, 0.4) is 0 Å². The summed E-state index contributed by atoms with van der Waals surface area (Å²) in [5, 5.41) is 9.22. The van der Waals surface area contributed by atoms with Gasteiger partial charge in [0.05, 0.1) is 0 Å². The smallest absolute Gasteiger partial charge is 0.326 e. The van der Waals surface area contributed by atoms with E-state index in [1.54, 1.807) is 4.90 Å². The van der Waals surface area contributed by atoms with Gasteiger partial charge >= 0.3 is 5.97 Å². The topological polar surface area (TPSA) is 57.6 Å². The number of halogens is 1. The molecular formula is C16H20BrNO3. The second-order valence-electron chi connectivity index (χ2n) is 5.43. The van der Waals surface area contributed by atoms with E-state index in [9.17, 15) is 14.7 Å². The van der Waals surface area contributed by atoms with Gasteiger partial charge in [-0.25, -0.2) is 4.79 Å². The van der Waals surface area contributed by atoms with Gasteiger partial charge in [0.15, 0.2) is 0 Å². The lowest BCUT2D eigenvalue weighted by atomic mass is 9.95. The summed E-state index contributed by atoms with van der Waals surface area (Å²) in [6.45, 7) is 2.54. The van der Waals surface area contributed by atoms with Gasteiger partial charge in [-0.2, -0.15) is 0 Å². The third-order valence-corrected chi connectivity index (χ3v) is 4.86. The summed E-state index contributed by atoms with van der Waals surface area (Å²) in [6, 6.07) is 7.21. The molecule has 1 N–H and O–H groups in total. The highest BCUT2D eigenvalue weighted by Gasteiger charge is 2.36. The van der Waals surface area contributed by atoms with Crippen LogP contribution in [0.4, 0.5) is 0 Å². The van der Waals surface area contributed by atoms with Gasteiger partial charge in [-0.3, -0.25) is 4.79 Å². The van der Waals surface area contributed by atoms with Gasteiger partial charge < -0.3 is 10.0 Å². The first-order chi connectivity index (χ1) is 10.0. The Kier molecular flexibility index (Phi) is 5.39. The van der Waals surface area contributed by atoms with E-state index in [1.807, 2.05) is 31.2 Å². The Labute approximate surface area is 133 Å². The molecule has 21 heavy (non-hydrogen) atoms. The number of carboxylic acids is 1. The summed E-state index contributed by atoms with van der Waals surface area (Å²) < 4.78 is 0.993. The molecule has 1 aromatic carbocycles. The number of rotatable bonds is 5. The van der Waals surface area contributed by atoms with E-state index < -0.39 is 12.0 Å². The fourth-order valence-corrected chi connectivity index (χ4v) is 3.30. The van der Waals surface area contributed by atoms with Crippen molar-refractivity contribution in [1.82, 2.24) is 4.90 Å². The third-order valence-electron chi connectivity index (χ3n) is 4.09. The van der Waals surface area contributed by atoms with E-state index in [0.29, 0.717) is 25.8 Å². The Hall–Kier alpha value is -1.36. The lowest BCUT2D eigenvalue weighted by Crippen LogP contribution is -2.43. The van der Waals surface area contributed by atoms with Gasteiger partial charge in [0.2, 0.25) is 5.91 Å². The monoisotopic (exact) mass is 353 g/mol. The van der Waals surface area contributed by atoms with E-state index in [2.05, 4.69) is 15.9 Å². The molecular weight excluding hydrogens is 334 g/mol. The molecule has 2 rings (SSSR count). The fraction of sp³-hybridized carbons (Fsp3) is 0.500. The van der Waals surface area contributed by atoms with Crippen molar-refractivity contribution in [2.75, 3.05) is 6.54 Å². The molecule has 0 saturated carbocycles. The van der Waals surface area contributed by atoms with Gasteiger partial charge in [-0.15, -0.1) is 0 Å². The molecule has 5 heteroatoms. The van der Waals surface area contributed by atoms with E-state index in [4.69, 9.17) is 0 Å². The van der Waals surface area contributed by atoms with Crippen LogP contribution in [0.25, 0.3) is 0 Å². The minimum absolute atomic E-state index is 0.0295. The number of nitrogens with zero attached hydrogens (tertiary/aromatic N) is 1. The van der Waals surface area contributed by atoms with E-state index >= 15 is 0 Å². The van der Waals surface area contributed by atoms with Crippen molar-refractivity contribution in [3.05, 3.63) is 34.3 Å². The molecule has 1 amide bonds. The third kappa shape index (κ3) is 3.64. The van der Waals surface area contributed by atoms with E-state index in [1.165, 1.54) is 0 Å². The van der Waals surface area contributed by atoms with Gasteiger partial charge in [-0.1, -0.05) is 41.1 Å². The van der Waals surface area contributed by atoms with Crippen LogP contribution in [0.2, 0.25) is 0 Å². The van der Waals surface area contributed by atoms with Crippen LogP contribution in [-0.4, -0.2) is 34.5 Å². The van der Waals surface area contributed by atoms with Crippen LogP contribution < -0.4 is 0 Å². The first-order valence-electron chi connectivity index (χ1n) is 7.31. The van der Waals surface area contributed by atoms with Crippen LogP contribution >= 0.6 is 15.9 Å². The molecule has 2 atom stereocenters. The molecule has 0 aromatic heterocycles. The molecule has 1 heterocycles. The highest BCUT2D eigenvalue weighted by atomic mass is 79.9. The van der Waals surface area contributed by atoms with Crippen molar-refractivity contribution in [1.29, 1.82) is 0 Å². The molecule has 1 saturated heterocycles. The van der Waals surface area contributed by atoms with Crippen molar-refractivity contribution in [3.63, 3.8) is 0 Å². The number of benzene rings is 1. The summed E-state index contributed by atoms with van der Waals surface area (Å²) in [5.41, 5.74) is 1.09. The van der Waals surface area contributed by atoms with Crippen LogP contribution in [0.5, 0.6) is 0 Å². The maximum Gasteiger partial charge on any atom is 0.326 e. The zero-order valence-corrected chi connectivity index (χ0v) is 13.7. The lowest BCUT2D eigenvalue weighted by molar-refractivity contribution is -0.150. The fourth-order valence-electron chi connectivity index (χ4n) is 2.86. The number of carbonyl (C=O) groups is 2. The minimum Gasteiger partial charge on any atom is -0.480 e. The molecule has 0 spiro atoms. The number of aliphatic carboxylic acids is 1. The first kappa shape index (κ1) is 16.0. The number of amides is 1. The quantitative estimate of drug-likeness (QED) is 0.884. The Morgan fingerprint density at radius 3 is 2.76 bits per heavy atom. The normalized spacial score (nSPS) is 19.5. The first-order valence-corrected chi connectivity index (χ1v) is 8.10. The van der Waals surface area contributed by atoms with Crippen molar-refractivity contribution in [2.24, 2.45) is 5.92 Å². The average Bonchev–Trinajstić information content (AvgIpc) is 2.95. The molecule has 0 radical (unpaired) electrons. The largest absolute Gasteiger partial charge is 0.480 e. The molecule has 4 nitrogen and oxygen atoms in total. The molecule has 1 aliphatic rings. The summed E-state index contributed by atoms with van der Waals surface area (Å²) >= 11 is 3.50. The Balaban J connectivity index is 2.12. The molecule has 2 unspecified atom stereocenters. The number of hydrogen-bond donors (Lipinski definition) is 1. The van der Waals surface area contributed by atoms with Crippen molar-refractivity contribution < 1.29 is 14.7 Å². The standard InChI is InChI=1S/C16H20BrNO3/c1-2-11(10-12-6-3-4-7-13(12)17)15(19)18-9-5-8-14(18)16(20)21/h3-4,6-7,11,14H,2,5,8-10H2,1H3,(H,20,21).